The summed E-state index contributed by atoms with van der Waals surface area (Å²) < 4.78 is 9.44. The number of fused-ring (bicyclic) bond motifs is 13. The Bertz CT molecular complexity index is 3150. The van der Waals surface area contributed by atoms with Crippen molar-refractivity contribution < 1.29 is 4.74 Å². The van der Waals surface area contributed by atoms with E-state index in [1.54, 1.807) is 0 Å². The highest BCUT2D eigenvalue weighted by molar-refractivity contribution is 6.25. The van der Waals surface area contributed by atoms with Crippen molar-refractivity contribution in [3.63, 3.8) is 0 Å². The van der Waals surface area contributed by atoms with Crippen LogP contribution in [0.15, 0.2) is 176 Å². The summed E-state index contributed by atoms with van der Waals surface area (Å²) in [4.78, 5) is 15.2. The van der Waals surface area contributed by atoms with Gasteiger partial charge in [-0.2, -0.15) is 0 Å². The lowest BCUT2D eigenvalue weighted by molar-refractivity contribution is 0.224. The number of para-hydroxylation sites is 1. The van der Waals surface area contributed by atoms with Crippen molar-refractivity contribution >= 4 is 49.3 Å². The third kappa shape index (κ3) is 4.58. The zero-order chi connectivity index (χ0) is 36.7. The second kappa shape index (κ2) is 12.1. The lowest BCUT2D eigenvalue weighted by Gasteiger charge is -2.23. The van der Waals surface area contributed by atoms with Crippen molar-refractivity contribution in [3.05, 3.63) is 193 Å². The van der Waals surface area contributed by atoms with E-state index in [2.05, 4.69) is 126 Å². The average molecular weight is 717 g/mol. The lowest BCUT2D eigenvalue weighted by Crippen LogP contribution is -2.14. The zero-order valence-corrected chi connectivity index (χ0v) is 30.2. The van der Waals surface area contributed by atoms with Gasteiger partial charge in [0.05, 0.1) is 11.2 Å². The molecule has 0 bridgehead atoms. The highest BCUT2D eigenvalue weighted by atomic mass is 16.5. The monoisotopic (exact) mass is 716 g/mol. The highest BCUT2D eigenvalue weighted by Crippen LogP contribution is 2.55. The molecule has 3 heterocycles. The number of hydrogen-bond acceptors (Lipinski definition) is 4. The molecule has 0 fully saturated rings. The van der Waals surface area contributed by atoms with Crippen molar-refractivity contribution in [1.82, 2.24) is 19.5 Å². The molecule has 5 heteroatoms. The van der Waals surface area contributed by atoms with Crippen LogP contribution in [0.2, 0.25) is 0 Å². The first-order valence-electron chi connectivity index (χ1n) is 19.1. The van der Waals surface area contributed by atoms with E-state index < -0.39 is 0 Å². The highest BCUT2D eigenvalue weighted by Gasteiger charge is 2.42. The molecule has 2 unspecified atom stereocenters. The summed E-state index contributed by atoms with van der Waals surface area (Å²) in [6.45, 7) is 0. The Labute approximate surface area is 322 Å². The molecule has 56 heavy (non-hydrogen) atoms. The number of rotatable bonds is 4. The second-order valence-corrected chi connectivity index (χ2v) is 14.7. The third-order valence-corrected chi connectivity index (χ3v) is 11.6. The zero-order valence-electron chi connectivity index (χ0n) is 30.2. The molecule has 262 valence electrons. The molecule has 0 amide bonds. The van der Waals surface area contributed by atoms with Gasteiger partial charge in [-0.25, -0.2) is 15.0 Å². The van der Waals surface area contributed by atoms with Crippen LogP contribution < -0.4 is 4.74 Å². The van der Waals surface area contributed by atoms with Gasteiger partial charge < -0.3 is 9.30 Å². The Morgan fingerprint density at radius 3 is 1.66 bits per heavy atom. The molecule has 0 saturated carbocycles. The first-order chi connectivity index (χ1) is 27.8. The fourth-order valence-electron chi connectivity index (χ4n) is 9.17. The Kier molecular flexibility index (Phi) is 6.69. The molecule has 0 radical (unpaired) electrons. The van der Waals surface area contributed by atoms with Gasteiger partial charge >= 0.3 is 0 Å². The van der Waals surface area contributed by atoms with Gasteiger partial charge in [-0.15, -0.1) is 0 Å². The third-order valence-electron chi connectivity index (χ3n) is 11.6. The molecular formula is C51H32N4O. The average Bonchev–Trinajstić information content (AvgIpc) is 3.83. The van der Waals surface area contributed by atoms with Crippen LogP contribution in [0.3, 0.4) is 0 Å². The molecular weight excluding hydrogens is 685 g/mol. The molecule has 10 aromatic rings. The molecule has 2 aromatic heterocycles. The molecule has 5 nitrogen and oxygen atoms in total. The number of aromatic nitrogens is 4. The lowest BCUT2D eigenvalue weighted by atomic mass is 9.83. The predicted molar refractivity (Wildman–Crippen MR) is 227 cm³/mol. The molecule has 1 aliphatic carbocycles. The normalized spacial score (nSPS) is 15.6. The van der Waals surface area contributed by atoms with Crippen LogP contribution in [0, 0.1) is 0 Å². The molecule has 2 atom stereocenters. The van der Waals surface area contributed by atoms with Gasteiger partial charge in [0.1, 0.15) is 11.9 Å². The van der Waals surface area contributed by atoms with Crippen LogP contribution in [-0.2, 0) is 0 Å². The second-order valence-electron chi connectivity index (χ2n) is 14.7. The Hall–Kier alpha value is -7.37. The summed E-state index contributed by atoms with van der Waals surface area (Å²) in [6.07, 6.45) is 4.40. The van der Waals surface area contributed by atoms with Crippen molar-refractivity contribution in [1.29, 1.82) is 0 Å². The van der Waals surface area contributed by atoms with E-state index in [1.807, 2.05) is 60.7 Å². The number of hydrogen-bond donors (Lipinski definition) is 0. The van der Waals surface area contributed by atoms with E-state index in [9.17, 15) is 0 Å². The standard InChI is InChI=1S/C51H32N4O/c1-3-14-31(15-4-1)49-52-50(32-16-5-2-6-17-32)54-51(53-49)41-23-13-25-45-46(41)40-28-29-44-47(48(40)56-45)39-22-11-12-24-43(39)55(44)33-26-27-38-36-20-8-7-18-34(36)35-19-9-10-21-37(35)42(38)30-33/h1-30,40,48H. The SMILES string of the molecule is C1=CC2c3c(cccc3-c3nc(-c4ccccc4)nc(-c4ccccc4)n3)OC2c2c1n(-c1ccc3c4ccccc4c4ccccc4c3c1)c1ccccc21. The summed E-state index contributed by atoms with van der Waals surface area (Å²) >= 11 is 0. The van der Waals surface area contributed by atoms with Gasteiger partial charge in [-0.05, 0) is 62.7 Å². The molecule has 0 N–H and O–H groups in total. The summed E-state index contributed by atoms with van der Waals surface area (Å²) in [7, 11) is 0. The molecule has 1 aliphatic heterocycles. The minimum Gasteiger partial charge on any atom is -0.484 e. The van der Waals surface area contributed by atoms with Crippen LogP contribution in [0.5, 0.6) is 5.75 Å². The summed E-state index contributed by atoms with van der Waals surface area (Å²) in [5.41, 5.74) is 8.57. The van der Waals surface area contributed by atoms with Gasteiger partial charge in [0.15, 0.2) is 17.5 Å². The minimum absolute atomic E-state index is 0.0306. The smallest absolute Gasteiger partial charge is 0.164 e. The van der Waals surface area contributed by atoms with E-state index in [1.165, 1.54) is 43.3 Å². The van der Waals surface area contributed by atoms with Crippen molar-refractivity contribution in [3.8, 4) is 45.6 Å². The van der Waals surface area contributed by atoms with Crippen LogP contribution in [0.25, 0.3) is 89.1 Å². The number of nitrogens with zero attached hydrogens (tertiary/aromatic N) is 4. The van der Waals surface area contributed by atoms with E-state index in [-0.39, 0.29) is 12.0 Å². The van der Waals surface area contributed by atoms with Crippen molar-refractivity contribution in [2.45, 2.75) is 12.0 Å². The fraction of sp³-hybridized carbons (Fsp3) is 0.0392. The maximum absolute atomic E-state index is 7.03. The summed E-state index contributed by atoms with van der Waals surface area (Å²) in [5, 5.41) is 8.78. The first kappa shape index (κ1) is 31.0. The summed E-state index contributed by atoms with van der Waals surface area (Å²) in [5.74, 6) is 2.75. The first-order valence-corrected chi connectivity index (χ1v) is 19.1. The van der Waals surface area contributed by atoms with E-state index in [0.29, 0.717) is 17.5 Å². The Balaban J connectivity index is 1.03. The molecule has 8 aromatic carbocycles. The van der Waals surface area contributed by atoms with Gasteiger partial charge in [-0.3, -0.25) is 0 Å². The molecule has 12 rings (SSSR count). The van der Waals surface area contributed by atoms with Crippen molar-refractivity contribution in [2.75, 3.05) is 0 Å². The quantitative estimate of drug-likeness (QED) is 0.170. The Morgan fingerprint density at radius 2 is 1.00 bits per heavy atom. The topological polar surface area (TPSA) is 52.8 Å². The molecule has 0 spiro atoms. The maximum Gasteiger partial charge on any atom is 0.164 e. The van der Waals surface area contributed by atoms with Crippen molar-refractivity contribution in [2.24, 2.45) is 0 Å². The van der Waals surface area contributed by atoms with Crippen LogP contribution >= 0.6 is 0 Å². The molecule has 2 aliphatic rings. The largest absolute Gasteiger partial charge is 0.484 e. The van der Waals surface area contributed by atoms with Gasteiger partial charge in [0.2, 0.25) is 0 Å². The summed E-state index contributed by atoms with van der Waals surface area (Å²) in [6, 6.07) is 59.7. The van der Waals surface area contributed by atoms with Crippen LogP contribution in [0.4, 0.5) is 0 Å². The molecule has 0 saturated heterocycles. The van der Waals surface area contributed by atoms with E-state index in [0.717, 1.165) is 44.9 Å². The number of benzene rings is 8. The van der Waals surface area contributed by atoms with E-state index >= 15 is 0 Å². The minimum atomic E-state index is -0.216. The predicted octanol–water partition coefficient (Wildman–Crippen LogP) is 12.5. The van der Waals surface area contributed by atoms with Crippen LogP contribution in [0.1, 0.15) is 28.8 Å². The van der Waals surface area contributed by atoms with E-state index in [4.69, 9.17) is 19.7 Å². The van der Waals surface area contributed by atoms with Crippen LogP contribution in [-0.4, -0.2) is 19.5 Å². The fourth-order valence-corrected chi connectivity index (χ4v) is 9.17. The van der Waals surface area contributed by atoms with Gasteiger partial charge in [0.25, 0.3) is 0 Å². The Morgan fingerprint density at radius 1 is 0.446 bits per heavy atom. The number of ether oxygens (including phenoxy) is 1. The van der Waals surface area contributed by atoms with Gasteiger partial charge in [-0.1, -0.05) is 152 Å². The maximum atomic E-state index is 7.03. The van der Waals surface area contributed by atoms with Gasteiger partial charge in [0, 0.05) is 44.8 Å².